The number of likely N-dealkylation sites (tertiary alicyclic amines) is 1. The minimum atomic E-state index is -0.577. The van der Waals surface area contributed by atoms with Crippen molar-refractivity contribution < 1.29 is 23.5 Å². The highest BCUT2D eigenvalue weighted by Gasteiger charge is 2.31. The number of rotatable bonds is 5. The molecular formula is C20H21FN2O4. The molecule has 1 aliphatic rings. The first kappa shape index (κ1) is 18.8. The number of carbonyl (C=O) groups excluding carboxylic acids is 2. The SMILES string of the molecule is COc1ccc(C(=O)[C@@H]2CCCN(C(=O)c3cccnc3OC)C2)cc1F. The first-order valence-electron chi connectivity index (χ1n) is 8.71. The minimum absolute atomic E-state index is 0.0932. The fourth-order valence-electron chi connectivity index (χ4n) is 3.32. The molecule has 0 N–H and O–H groups in total. The van der Waals surface area contributed by atoms with E-state index in [4.69, 9.17) is 9.47 Å². The van der Waals surface area contributed by atoms with Crippen LogP contribution in [0.3, 0.4) is 0 Å². The number of carbonyl (C=O) groups is 2. The number of hydrogen-bond donors (Lipinski definition) is 0. The molecule has 2 aromatic rings. The molecule has 0 radical (unpaired) electrons. The molecule has 7 heteroatoms. The molecule has 0 aliphatic carbocycles. The van der Waals surface area contributed by atoms with Gasteiger partial charge in [0.05, 0.1) is 14.2 Å². The second kappa shape index (κ2) is 8.16. The maximum absolute atomic E-state index is 13.9. The molecule has 0 saturated carbocycles. The number of halogens is 1. The minimum Gasteiger partial charge on any atom is -0.494 e. The molecule has 1 atom stereocenters. The molecule has 142 valence electrons. The number of amides is 1. The molecule has 1 aromatic heterocycles. The fourth-order valence-corrected chi connectivity index (χ4v) is 3.32. The summed E-state index contributed by atoms with van der Waals surface area (Å²) < 4.78 is 24.0. The Bertz CT molecular complexity index is 856. The van der Waals surface area contributed by atoms with Crippen LogP contribution in [0.25, 0.3) is 0 Å². The van der Waals surface area contributed by atoms with E-state index in [1.54, 1.807) is 29.3 Å². The van der Waals surface area contributed by atoms with Crippen LogP contribution >= 0.6 is 0 Å². The predicted molar refractivity (Wildman–Crippen MR) is 96.7 cm³/mol. The molecule has 3 rings (SSSR count). The zero-order valence-electron chi connectivity index (χ0n) is 15.3. The van der Waals surface area contributed by atoms with Crippen molar-refractivity contribution in [2.24, 2.45) is 5.92 Å². The standard InChI is InChI=1S/C20H21FN2O4/c1-26-17-8-7-13(11-16(17)21)18(24)14-5-4-10-23(12-14)20(25)15-6-3-9-22-19(15)27-2/h3,6-9,11,14H,4-5,10,12H2,1-2H3/t14-/m1/s1. The third-order valence-electron chi connectivity index (χ3n) is 4.71. The summed E-state index contributed by atoms with van der Waals surface area (Å²) in [5.41, 5.74) is 0.648. The van der Waals surface area contributed by atoms with Crippen molar-refractivity contribution in [3.05, 3.63) is 53.5 Å². The number of aromatic nitrogens is 1. The van der Waals surface area contributed by atoms with E-state index in [-0.39, 0.29) is 41.3 Å². The van der Waals surface area contributed by atoms with E-state index >= 15 is 0 Å². The third kappa shape index (κ3) is 3.92. The second-order valence-corrected chi connectivity index (χ2v) is 6.36. The van der Waals surface area contributed by atoms with E-state index in [0.717, 1.165) is 0 Å². The zero-order valence-corrected chi connectivity index (χ0v) is 15.3. The number of Topliss-reactive ketones (excluding diaryl/α,β-unsaturated/α-hetero) is 1. The zero-order chi connectivity index (χ0) is 19.4. The summed E-state index contributed by atoms with van der Waals surface area (Å²) in [6, 6.07) is 7.50. The number of ether oxygens (including phenoxy) is 2. The monoisotopic (exact) mass is 372 g/mol. The molecule has 1 fully saturated rings. The van der Waals surface area contributed by atoms with Gasteiger partial charge >= 0.3 is 0 Å². The van der Waals surface area contributed by atoms with Gasteiger partial charge < -0.3 is 14.4 Å². The van der Waals surface area contributed by atoms with Gasteiger partial charge in [-0.2, -0.15) is 0 Å². The van der Waals surface area contributed by atoms with Crippen molar-refractivity contribution in [1.82, 2.24) is 9.88 Å². The summed E-state index contributed by atoms with van der Waals surface area (Å²) in [7, 11) is 2.83. The summed E-state index contributed by atoms with van der Waals surface area (Å²) in [5.74, 6) is -1.00. The number of hydrogen-bond acceptors (Lipinski definition) is 5. The third-order valence-corrected chi connectivity index (χ3v) is 4.71. The number of benzene rings is 1. The van der Waals surface area contributed by atoms with Gasteiger partial charge in [0.15, 0.2) is 17.3 Å². The van der Waals surface area contributed by atoms with E-state index in [9.17, 15) is 14.0 Å². The number of pyridine rings is 1. The molecule has 0 unspecified atom stereocenters. The van der Waals surface area contributed by atoms with Gasteiger partial charge in [-0.25, -0.2) is 9.37 Å². The topological polar surface area (TPSA) is 68.7 Å². The van der Waals surface area contributed by atoms with Crippen LogP contribution in [0.1, 0.15) is 33.6 Å². The van der Waals surface area contributed by atoms with Crippen LogP contribution in [-0.4, -0.2) is 48.9 Å². The quantitative estimate of drug-likeness (QED) is 0.755. The van der Waals surface area contributed by atoms with Gasteiger partial charge in [0.25, 0.3) is 5.91 Å². The molecule has 1 aromatic carbocycles. The predicted octanol–water partition coefficient (Wildman–Crippen LogP) is 2.97. The Morgan fingerprint density at radius 3 is 2.74 bits per heavy atom. The van der Waals surface area contributed by atoms with E-state index in [1.807, 2.05) is 0 Å². The Hall–Kier alpha value is -2.96. The van der Waals surface area contributed by atoms with Gasteiger partial charge in [-0.15, -0.1) is 0 Å². The van der Waals surface area contributed by atoms with Gasteiger partial charge in [-0.3, -0.25) is 9.59 Å². The lowest BCUT2D eigenvalue weighted by Crippen LogP contribution is -2.42. The van der Waals surface area contributed by atoms with Gasteiger partial charge in [0, 0.05) is 30.8 Å². The van der Waals surface area contributed by atoms with Crippen molar-refractivity contribution >= 4 is 11.7 Å². The highest BCUT2D eigenvalue weighted by atomic mass is 19.1. The van der Waals surface area contributed by atoms with E-state index in [1.165, 1.54) is 26.4 Å². The summed E-state index contributed by atoms with van der Waals surface area (Å²) in [5, 5.41) is 0. The average molecular weight is 372 g/mol. The van der Waals surface area contributed by atoms with Crippen LogP contribution in [0.2, 0.25) is 0 Å². The Morgan fingerprint density at radius 1 is 1.22 bits per heavy atom. The summed E-state index contributed by atoms with van der Waals surface area (Å²) in [6.45, 7) is 0.834. The van der Waals surface area contributed by atoms with Crippen LogP contribution in [0.15, 0.2) is 36.5 Å². The van der Waals surface area contributed by atoms with Crippen LogP contribution in [0.5, 0.6) is 11.6 Å². The summed E-state index contributed by atoms with van der Waals surface area (Å²) in [6.07, 6.45) is 2.90. The summed E-state index contributed by atoms with van der Waals surface area (Å²) >= 11 is 0. The molecule has 1 amide bonds. The largest absolute Gasteiger partial charge is 0.494 e. The maximum Gasteiger partial charge on any atom is 0.259 e. The normalized spacial score (nSPS) is 16.7. The van der Waals surface area contributed by atoms with Gasteiger partial charge in [0.2, 0.25) is 5.88 Å². The molecule has 27 heavy (non-hydrogen) atoms. The smallest absolute Gasteiger partial charge is 0.259 e. The lowest BCUT2D eigenvalue weighted by atomic mass is 9.89. The van der Waals surface area contributed by atoms with Crippen molar-refractivity contribution in [1.29, 1.82) is 0 Å². The van der Waals surface area contributed by atoms with E-state index < -0.39 is 5.82 Å². The average Bonchev–Trinajstić information content (AvgIpc) is 2.72. The number of ketones is 1. The Morgan fingerprint density at radius 2 is 2.04 bits per heavy atom. The van der Waals surface area contributed by atoms with Gasteiger partial charge in [-0.1, -0.05) is 0 Å². The molecule has 0 bridgehead atoms. The number of piperidine rings is 1. The molecular weight excluding hydrogens is 351 g/mol. The van der Waals surface area contributed by atoms with Gasteiger partial charge in [-0.05, 0) is 43.2 Å². The van der Waals surface area contributed by atoms with Crippen LogP contribution in [0.4, 0.5) is 4.39 Å². The van der Waals surface area contributed by atoms with Crippen molar-refractivity contribution in [2.45, 2.75) is 12.8 Å². The number of nitrogens with zero attached hydrogens (tertiary/aromatic N) is 2. The van der Waals surface area contributed by atoms with Crippen molar-refractivity contribution in [3.63, 3.8) is 0 Å². The molecule has 1 aliphatic heterocycles. The first-order valence-corrected chi connectivity index (χ1v) is 8.71. The Balaban J connectivity index is 1.76. The Labute approximate surface area is 156 Å². The second-order valence-electron chi connectivity index (χ2n) is 6.36. The van der Waals surface area contributed by atoms with E-state index in [2.05, 4.69) is 4.98 Å². The lowest BCUT2D eigenvalue weighted by Gasteiger charge is -2.32. The summed E-state index contributed by atoms with van der Waals surface area (Å²) in [4.78, 5) is 31.3. The molecule has 0 spiro atoms. The van der Waals surface area contributed by atoms with Crippen LogP contribution in [0, 0.1) is 11.7 Å². The van der Waals surface area contributed by atoms with E-state index in [0.29, 0.717) is 24.9 Å². The van der Waals surface area contributed by atoms with Crippen LogP contribution < -0.4 is 9.47 Å². The highest BCUT2D eigenvalue weighted by molar-refractivity contribution is 6.00. The first-order chi connectivity index (χ1) is 13.0. The highest BCUT2D eigenvalue weighted by Crippen LogP contribution is 2.26. The van der Waals surface area contributed by atoms with Crippen molar-refractivity contribution in [3.8, 4) is 11.6 Å². The molecule has 2 heterocycles. The van der Waals surface area contributed by atoms with Gasteiger partial charge in [0.1, 0.15) is 5.56 Å². The van der Waals surface area contributed by atoms with Crippen molar-refractivity contribution in [2.75, 3.05) is 27.3 Å². The Kier molecular flexibility index (Phi) is 5.69. The van der Waals surface area contributed by atoms with Crippen LogP contribution in [-0.2, 0) is 0 Å². The maximum atomic E-state index is 13.9. The lowest BCUT2D eigenvalue weighted by molar-refractivity contribution is 0.0633. The number of methoxy groups -OCH3 is 2. The molecule has 6 nitrogen and oxygen atoms in total. The fraction of sp³-hybridized carbons (Fsp3) is 0.350. The molecule has 1 saturated heterocycles.